The molecule has 1 aromatic rings. The number of fused-ring (bicyclic) bond motifs is 1. The van der Waals surface area contributed by atoms with E-state index in [2.05, 4.69) is 0 Å². The standard InChI is InChI=1S/C19H23N3O5S/c23-17(5-6-22-11-12-28-19(22)25)20-7-9-21(10-8-20)18(24)16-13-26-14-3-1-2-4-15(14)27-16/h1-4,16H,5-13H2. The maximum Gasteiger partial charge on any atom is 0.281 e. The highest BCUT2D eigenvalue weighted by molar-refractivity contribution is 8.13. The van der Waals surface area contributed by atoms with Gasteiger partial charge < -0.3 is 24.2 Å². The monoisotopic (exact) mass is 405 g/mol. The molecule has 0 aliphatic carbocycles. The molecule has 0 saturated carbocycles. The third kappa shape index (κ3) is 4.04. The third-order valence-corrected chi connectivity index (χ3v) is 6.06. The van der Waals surface area contributed by atoms with Crippen molar-refractivity contribution in [3.8, 4) is 11.5 Å². The second-order valence-corrected chi connectivity index (χ2v) is 7.97. The number of benzene rings is 1. The van der Waals surface area contributed by atoms with Crippen LogP contribution in [0.2, 0.25) is 0 Å². The Hall–Kier alpha value is -2.42. The molecule has 3 amide bonds. The predicted octanol–water partition coefficient (Wildman–Crippen LogP) is 1.06. The van der Waals surface area contributed by atoms with Crippen LogP contribution in [-0.2, 0) is 9.59 Å². The Morgan fingerprint density at radius 3 is 2.46 bits per heavy atom. The Kier molecular flexibility index (Phi) is 5.61. The molecule has 4 rings (SSSR count). The fourth-order valence-corrected chi connectivity index (χ4v) is 4.39. The molecule has 3 heterocycles. The van der Waals surface area contributed by atoms with Gasteiger partial charge in [-0.25, -0.2) is 0 Å². The Labute approximate surface area is 167 Å². The fourth-order valence-electron chi connectivity index (χ4n) is 3.54. The largest absolute Gasteiger partial charge is 0.485 e. The van der Waals surface area contributed by atoms with E-state index in [9.17, 15) is 14.4 Å². The number of rotatable bonds is 4. The lowest BCUT2D eigenvalue weighted by Crippen LogP contribution is -2.55. The number of ether oxygens (including phenoxy) is 2. The first-order valence-corrected chi connectivity index (χ1v) is 10.5. The van der Waals surface area contributed by atoms with E-state index < -0.39 is 6.10 Å². The van der Waals surface area contributed by atoms with E-state index in [1.54, 1.807) is 20.8 Å². The van der Waals surface area contributed by atoms with Crippen LogP contribution >= 0.6 is 11.8 Å². The third-order valence-electron chi connectivity index (χ3n) is 5.17. The van der Waals surface area contributed by atoms with Gasteiger partial charge in [0.25, 0.3) is 11.1 Å². The quantitative estimate of drug-likeness (QED) is 0.745. The highest BCUT2D eigenvalue weighted by atomic mass is 32.2. The minimum atomic E-state index is -0.657. The molecular formula is C19H23N3O5S. The molecule has 3 aliphatic heterocycles. The average Bonchev–Trinajstić information content (AvgIpc) is 3.16. The summed E-state index contributed by atoms with van der Waals surface area (Å²) in [7, 11) is 0. The number of nitrogens with zero attached hydrogens (tertiary/aromatic N) is 3. The summed E-state index contributed by atoms with van der Waals surface area (Å²) >= 11 is 1.30. The van der Waals surface area contributed by atoms with Crippen molar-refractivity contribution in [1.82, 2.24) is 14.7 Å². The van der Waals surface area contributed by atoms with Crippen LogP contribution in [-0.4, -0.2) is 89.5 Å². The molecular weight excluding hydrogens is 382 g/mol. The van der Waals surface area contributed by atoms with Gasteiger partial charge in [-0.05, 0) is 12.1 Å². The summed E-state index contributed by atoms with van der Waals surface area (Å²) in [6.07, 6.45) is -0.327. The molecule has 0 radical (unpaired) electrons. The Bertz CT molecular complexity index is 766. The van der Waals surface area contributed by atoms with Crippen molar-refractivity contribution in [2.75, 3.05) is 51.6 Å². The normalized spacial score (nSPS) is 21.8. The Morgan fingerprint density at radius 1 is 1.04 bits per heavy atom. The second-order valence-electron chi connectivity index (χ2n) is 6.92. The van der Waals surface area contributed by atoms with Crippen LogP contribution in [0.1, 0.15) is 6.42 Å². The smallest absolute Gasteiger partial charge is 0.281 e. The molecule has 28 heavy (non-hydrogen) atoms. The van der Waals surface area contributed by atoms with E-state index in [-0.39, 0.29) is 23.7 Å². The van der Waals surface area contributed by atoms with E-state index >= 15 is 0 Å². The van der Waals surface area contributed by atoms with Crippen molar-refractivity contribution < 1.29 is 23.9 Å². The Balaban J connectivity index is 1.24. The molecule has 9 heteroatoms. The summed E-state index contributed by atoms with van der Waals surface area (Å²) in [6.45, 7) is 3.32. The highest BCUT2D eigenvalue weighted by Gasteiger charge is 2.33. The van der Waals surface area contributed by atoms with Crippen molar-refractivity contribution in [2.45, 2.75) is 12.5 Å². The maximum atomic E-state index is 12.7. The number of carbonyl (C=O) groups is 3. The lowest BCUT2D eigenvalue weighted by atomic mass is 10.2. The second kappa shape index (κ2) is 8.30. The van der Waals surface area contributed by atoms with Gasteiger partial charge in [0.15, 0.2) is 11.5 Å². The van der Waals surface area contributed by atoms with E-state index in [1.807, 2.05) is 18.2 Å². The number of piperazine rings is 1. The molecule has 2 fully saturated rings. The molecule has 0 bridgehead atoms. The zero-order valence-electron chi connectivity index (χ0n) is 15.5. The molecule has 3 aliphatic rings. The number of carbonyl (C=O) groups excluding carboxylic acids is 3. The molecule has 0 aromatic heterocycles. The number of hydrogen-bond acceptors (Lipinski definition) is 6. The minimum absolute atomic E-state index is 0.0305. The van der Waals surface area contributed by atoms with Crippen LogP contribution in [0.3, 0.4) is 0 Å². The highest BCUT2D eigenvalue weighted by Crippen LogP contribution is 2.31. The van der Waals surface area contributed by atoms with Gasteiger partial charge in [0.2, 0.25) is 12.0 Å². The number of para-hydroxylation sites is 2. The van der Waals surface area contributed by atoms with Crippen LogP contribution in [0.4, 0.5) is 4.79 Å². The van der Waals surface area contributed by atoms with Crippen LogP contribution in [0, 0.1) is 0 Å². The Morgan fingerprint density at radius 2 is 1.75 bits per heavy atom. The zero-order chi connectivity index (χ0) is 19.5. The summed E-state index contributed by atoms with van der Waals surface area (Å²) in [5.74, 6) is 1.95. The molecule has 2 saturated heterocycles. The van der Waals surface area contributed by atoms with Crippen molar-refractivity contribution in [3.63, 3.8) is 0 Å². The summed E-state index contributed by atoms with van der Waals surface area (Å²) in [5.41, 5.74) is 0. The van der Waals surface area contributed by atoms with E-state index in [0.29, 0.717) is 57.2 Å². The van der Waals surface area contributed by atoms with Gasteiger partial charge >= 0.3 is 0 Å². The molecule has 1 aromatic carbocycles. The summed E-state index contributed by atoms with van der Waals surface area (Å²) in [6, 6.07) is 7.30. The van der Waals surface area contributed by atoms with Gasteiger partial charge in [-0.3, -0.25) is 14.4 Å². The predicted molar refractivity (Wildman–Crippen MR) is 104 cm³/mol. The molecule has 1 unspecified atom stereocenters. The lowest BCUT2D eigenvalue weighted by Gasteiger charge is -2.37. The van der Waals surface area contributed by atoms with E-state index in [1.165, 1.54) is 11.8 Å². The van der Waals surface area contributed by atoms with Crippen LogP contribution in [0.5, 0.6) is 11.5 Å². The summed E-state index contributed by atoms with van der Waals surface area (Å²) < 4.78 is 11.4. The number of thioether (sulfide) groups is 1. The van der Waals surface area contributed by atoms with Crippen LogP contribution in [0.15, 0.2) is 24.3 Å². The minimum Gasteiger partial charge on any atom is -0.485 e. The van der Waals surface area contributed by atoms with Gasteiger partial charge in [0.05, 0.1) is 0 Å². The summed E-state index contributed by atoms with van der Waals surface area (Å²) in [5, 5.41) is 0.0551. The van der Waals surface area contributed by atoms with E-state index in [0.717, 1.165) is 5.75 Å². The topological polar surface area (TPSA) is 79.4 Å². The van der Waals surface area contributed by atoms with Crippen molar-refractivity contribution in [3.05, 3.63) is 24.3 Å². The molecule has 150 valence electrons. The SMILES string of the molecule is O=C(CCN1CCSC1=O)N1CCN(C(=O)C2COc3ccccc3O2)CC1. The van der Waals surface area contributed by atoms with Gasteiger partial charge in [0.1, 0.15) is 6.61 Å². The zero-order valence-corrected chi connectivity index (χ0v) is 16.4. The molecule has 0 N–H and O–H groups in total. The van der Waals surface area contributed by atoms with Crippen LogP contribution in [0.25, 0.3) is 0 Å². The average molecular weight is 405 g/mol. The first kappa shape index (κ1) is 18.9. The van der Waals surface area contributed by atoms with Crippen LogP contribution < -0.4 is 9.47 Å². The van der Waals surface area contributed by atoms with Crippen molar-refractivity contribution in [2.24, 2.45) is 0 Å². The lowest BCUT2D eigenvalue weighted by molar-refractivity contribution is -0.146. The van der Waals surface area contributed by atoms with Gasteiger partial charge in [0, 0.05) is 51.4 Å². The van der Waals surface area contributed by atoms with Crippen molar-refractivity contribution in [1.29, 1.82) is 0 Å². The fraction of sp³-hybridized carbons (Fsp3) is 0.526. The molecule has 1 atom stereocenters. The molecule has 0 spiro atoms. The number of amides is 3. The van der Waals surface area contributed by atoms with Gasteiger partial charge in [-0.15, -0.1) is 0 Å². The van der Waals surface area contributed by atoms with Gasteiger partial charge in [-0.1, -0.05) is 23.9 Å². The molecule has 8 nitrogen and oxygen atoms in total. The van der Waals surface area contributed by atoms with Crippen molar-refractivity contribution >= 4 is 28.8 Å². The van der Waals surface area contributed by atoms with E-state index in [4.69, 9.17) is 9.47 Å². The first-order valence-electron chi connectivity index (χ1n) is 9.48. The summed E-state index contributed by atoms with van der Waals surface area (Å²) in [4.78, 5) is 42.0. The maximum absolute atomic E-state index is 12.7. The van der Waals surface area contributed by atoms with Gasteiger partial charge in [-0.2, -0.15) is 0 Å². The first-order chi connectivity index (χ1) is 13.6. The number of hydrogen-bond donors (Lipinski definition) is 0.